The third-order valence-corrected chi connectivity index (χ3v) is 2.84. The first-order valence-electron chi connectivity index (χ1n) is 4.29. The van der Waals surface area contributed by atoms with E-state index < -0.39 is 0 Å². The highest BCUT2D eigenvalue weighted by Gasteiger charge is 2.38. The lowest BCUT2D eigenvalue weighted by molar-refractivity contribution is -0.106. The predicted octanol–water partition coefficient (Wildman–Crippen LogP) is 0.153. The van der Waals surface area contributed by atoms with Crippen molar-refractivity contribution in [3.8, 4) is 0 Å². The molecule has 0 radical (unpaired) electrons. The Morgan fingerprint density at radius 1 is 1.17 bits per heavy atom. The number of halogens is 1. The van der Waals surface area contributed by atoms with Crippen molar-refractivity contribution in [3.05, 3.63) is 0 Å². The van der Waals surface area contributed by atoms with E-state index in [-0.39, 0.29) is 24.6 Å². The van der Waals surface area contributed by atoms with Crippen LogP contribution in [0.4, 0.5) is 0 Å². The molecule has 0 aromatic heterocycles. The van der Waals surface area contributed by atoms with Crippen LogP contribution in [-0.4, -0.2) is 30.5 Å². The third-order valence-electron chi connectivity index (χ3n) is 2.84. The second kappa shape index (κ2) is 3.92. The van der Waals surface area contributed by atoms with Gasteiger partial charge in [-0.2, -0.15) is 0 Å². The molecule has 2 fully saturated rings. The Morgan fingerprint density at radius 3 is 2.17 bits per heavy atom. The smallest absolute Gasteiger partial charge is 0.0641 e. The monoisotopic (exact) mass is 193 g/mol. The maximum atomic E-state index is 9.67. The summed E-state index contributed by atoms with van der Waals surface area (Å²) in [6.45, 7) is 1.40. The molecular weight excluding hydrogens is 178 g/mol. The van der Waals surface area contributed by atoms with E-state index >= 15 is 0 Å². The van der Waals surface area contributed by atoms with Gasteiger partial charge >= 0.3 is 0 Å². The molecule has 4 heteroatoms. The molecule has 2 atom stereocenters. The van der Waals surface area contributed by atoms with E-state index in [0.717, 1.165) is 12.8 Å². The fraction of sp³-hybridized carbons (Fsp3) is 1.00. The first kappa shape index (κ1) is 10.3. The lowest BCUT2D eigenvalue weighted by atomic mass is 9.75. The fourth-order valence-electron chi connectivity index (χ4n) is 2.24. The molecule has 2 unspecified atom stereocenters. The van der Waals surface area contributed by atoms with Crippen LogP contribution in [0.2, 0.25) is 0 Å². The van der Waals surface area contributed by atoms with Crippen LogP contribution in [0.15, 0.2) is 0 Å². The first-order chi connectivity index (χ1) is 5.27. The minimum atomic E-state index is -0.149. The van der Waals surface area contributed by atoms with Gasteiger partial charge in [0, 0.05) is 17.9 Å². The van der Waals surface area contributed by atoms with Crippen LogP contribution in [0.5, 0.6) is 0 Å². The number of nitrogens with two attached hydrogens (primary N) is 1. The van der Waals surface area contributed by atoms with Crippen molar-refractivity contribution < 1.29 is 9.84 Å². The van der Waals surface area contributed by atoms with E-state index in [0.29, 0.717) is 25.0 Å². The van der Waals surface area contributed by atoms with Crippen LogP contribution in [0.25, 0.3) is 0 Å². The molecule has 2 bridgehead atoms. The molecule has 0 aromatic carbocycles. The lowest BCUT2D eigenvalue weighted by Gasteiger charge is -2.41. The van der Waals surface area contributed by atoms with Gasteiger partial charge in [0.05, 0.1) is 19.3 Å². The molecular formula is C8H16ClNO2. The first-order valence-corrected chi connectivity index (χ1v) is 4.29. The van der Waals surface area contributed by atoms with E-state index in [9.17, 15) is 5.11 Å². The van der Waals surface area contributed by atoms with E-state index in [4.69, 9.17) is 10.5 Å². The zero-order chi connectivity index (χ0) is 7.84. The highest BCUT2D eigenvalue weighted by atomic mass is 35.5. The molecule has 0 spiro atoms. The molecule has 0 amide bonds. The van der Waals surface area contributed by atoms with Crippen molar-refractivity contribution >= 4 is 12.4 Å². The maximum absolute atomic E-state index is 9.67. The summed E-state index contributed by atoms with van der Waals surface area (Å²) in [5.74, 6) is 0.606. The molecule has 3 nitrogen and oxygen atoms in total. The zero-order valence-corrected chi connectivity index (χ0v) is 7.80. The van der Waals surface area contributed by atoms with Gasteiger partial charge in [0.2, 0.25) is 0 Å². The largest absolute Gasteiger partial charge is 0.392 e. The number of hydrogen-bond acceptors (Lipinski definition) is 3. The summed E-state index contributed by atoms with van der Waals surface area (Å²) in [5, 5.41) is 9.67. The number of aliphatic hydroxyl groups excluding tert-OH is 1. The van der Waals surface area contributed by atoms with Crippen molar-refractivity contribution in [3.63, 3.8) is 0 Å². The summed E-state index contributed by atoms with van der Waals surface area (Å²) < 4.78 is 5.34. The average Bonchev–Trinajstić information content (AvgIpc) is 1.92. The van der Waals surface area contributed by atoms with Gasteiger partial charge < -0.3 is 15.6 Å². The van der Waals surface area contributed by atoms with Crippen molar-refractivity contribution in [2.45, 2.75) is 25.0 Å². The van der Waals surface area contributed by atoms with Gasteiger partial charge in [0.25, 0.3) is 0 Å². The van der Waals surface area contributed by atoms with Gasteiger partial charge in [-0.15, -0.1) is 12.4 Å². The second-order valence-electron chi connectivity index (χ2n) is 3.78. The molecule has 1 saturated heterocycles. The standard InChI is InChI=1S/C8H15NO2.ClH/c9-7-1-5-3-11-4-6(2-7)8(5)10;/h5-8,10H,1-4,9H2;1H. The maximum Gasteiger partial charge on any atom is 0.0641 e. The van der Waals surface area contributed by atoms with E-state index in [1.54, 1.807) is 0 Å². The Kier molecular flexibility index (Phi) is 3.35. The quantitative estimate of drug-likeness (QED) is 0.576. The normalized spacial score (nSPS) is 46.5. The average molecular weight is 194 g/mol. The van der Waals surface area contributed by atoms with Gasteiger partial charge in [-0.3, -0.25) is 0 Å². The van der Waals surface area contributed by atoms with Gasteiger partial charge in [-0.25, -0.2) is 0 Å². The summed E-state index contributed by atoms with van der Waals surface area (Å²) in [4.78, 5) is 0. The molecule has 12 heavy (non-hydrogen) atoms. The van der Waals surface area contributed by atoms with Gasteiger partial charge in [0.15, 0.2) is 0 Å². The van der Waals surface area contributed by atoms with Crippen LogP contribution >= 0.6 is 12.4 Å². The Hall–Kier alpha value is 0.170. The third kappa shape index (κ3) is 1.74. The Labute approximate surface area is 78.7 Å². The van der Waals surface area contributed by atoms with Crippen molar-refractivity contribution in [2.24, 2.45) is 17.6 Å². The summed E-state index contributed by atoms with van der Waals surface area (Å²) >= 11 is 0. The Balaban J connectivity index is 0.000000720. The summed E-state index contributed by atoms with van der Waals surface area (Å²) in [7, 11) is 0. The molecule has 1 heterocycles. The fourth-order valence-corrected chi connectivity index (χ4v) is 2.24. The molecule has 2 aliphatic rings. The van der Waals surface area contributed by atoms with Crippen molar-refractivity contribution in [1.82, 2.24) is 0 Å². The topological polar surface area (TPSA) is 55.5 Å². The van der Waals surface area contributed by atoms with Gasteiger partial charge in [-0.05, 0) is 12.8 Å². The number of fused-ring (bicyclic) bond motifs is 2. The molecule has 1 aliphatic heterocycles. The minimum absolute atomic E-state index is 0. The van der Waals surface area contributed by atoms with Crippen molar-refractivity contribution in [1.29, 1.82) is 0 Å². The van der Waals surface area contributed by atoms with Crippen LogP contribution in [0.1, 0.15) is 12.8 Å². The molecule has 3 N–H and O–H groups in total. The Morgan fingerprint density at radius 2 is 1.67 bits per heavy atom. The number of ether oxygens (including phenoxy) is 1. The lowest BCUT2D eigenvalue weighted by Crippen LogP contribution is -2.49. The van der Waals surface area contributed by atoms with E-state index in [1.165, 1.54) is 0 Å². The summed E-state index contributed by atoms with van der Waals surface area (Å²) in [5.41, 5.74) is 5.82. The zero-order valence-electron chi connectivity index (χ0n) is 6.98. The molecule has 1 aliphatic carbocycles. The minimum Gasteiger partial charge on any atom is -0.392 e. The predicted molar refractivity (Wildman–Crippen MR) is 48.3 cm³/mol. The summed E-state index contributed by atoms with van der Waals surface area (Å²) in [6.07, 6.45) is 1.71. The van der Waals surface area contributed by atoms with Crippen molar-refractivity contribution in [2.75, 3.05) is 13.2 Å². The number of aliphatic hydroxyl groups is 1. The molecule has 2 rings (SSSR count). The number of hydrogen-bond donors (Lipinski definition) is 2. The molecule has 0 aromatic rings. The second-order valence-corrected chi connectivity index (χ2v) is 3.78. The van der Waals surface area contributed by atoms with Crippen LogP contribution in [-0.2, 0) is 4.74 Å². The molecule has 1 saturated carbocycles. The van der Waals surface area contributed by atoms with Gasteiger partial charge in [-0.1, -0.05) is 0 Å². The van der Waals surface area contributed by atoms with Crippen LogP contribution < -0.4 is 5.73 Å². The Bertz CT molecular complexity index is 142. The summed E-state index contributed by atoms with van der Waals surface area (Å²) in [6, 6.07) is 0.289. The highest BCUT2D eigenvalue weighted by molar-refractivity contribution is 5.85. The molecule has 72 valence electrons. The van der Waals surface area contributed by atoms with E-state index in [2.05, 4.69) is 0 Å². The van der Waals surface area contributed by atoms with Gasteiger partial charge in [0.1, 0.15) is 0 Å². The van der Waals surface area contributed by atoms with E-state index in [1.807, 2.05) is 0 Å². The number of rotatable bonds is 0. The highest BCUT2D eigenvalue weighted by Crippen LogP contribution is 2.32. The van der Waals surface area contributed by atoms with Crippen LogP contribution in [0.3, 0.4) is 0 Å². The van der Waals surface area contributed by atoms with Crippen LogP contribution in [0, 0.1) is 11.8 Å². The SMILES string of the molecule is Cl.NC1CC2COCC(C1)C2O.